The Balaban J connectivity index is 1.53. The number of benzene rings is 1. The fourth-order valence-corrected chi connectivity index (χ4v) is 3.95. The zero-order valence-electron chi connectivity index (χ0n) is 14.6. The van der Waals surface area contributed by atoms with Gasteiger partial charge in [-0.3, -0.25) is 4.79 Å². The smallest absolute Gasteiger partial charge is 0.317 e. The van der Waals surface area contributed by atoms with Gasteiger partial charge in [-0.05, 0) is 57.9 Å². The van der Waals surface area contributed by atoms with Gasteiger partial charge in [0.25, 0.3) is 5.91 Å². The Hall–Kier alpha value is -2.58. The van der Waals surface area contributed by atoms with Crippen LogP contribution in [0, 0.1) is 0 Å². The normalized spacial score (nSPS) is 10.4. The van der Waals surface area contributed by atoms with E-state index in [4.69, 9.17) is 4.42 Å². The first kappa shape index (κ1) is 19.2. The van der Waals surface area contributed by atoms with Crippen LogP contribution in [0.15, 0.2) is 63.0 Å². The topological polar surface area (TPSA) is 74.6 Å². The number of furan rings is 1. The van der Waals surface area contributed by atoms with Crippen molar-refractivity contribution in [2.45, 2.75) is 13.1 Å². The summed E-state index contributed by atoms with van der Waals surface area (Å²) in [4.78, 5) is 27.0. The van der Waals surface area contributed by atoms with Crippen LogP contribution < -0.4 is 10.6 Å². The Morgan fingerprint density at radius 2 is 2.04 bits per heavy atom. The zero-order valence-corrected chi connectivity index (χ0v) is 17.0. The lowest BCUT2D eigenvalue weighted by atomic mass is 10.2. The molecule has 0 spiro atoms. The molecule has 0 radical (unpaired) electrons. The molecule has 27 heavy (non-hydrogen) atoms. The number of halogens is 1. The summed E-state index contributed by atoms with van der Waals surface area (Å²) in [5, 5.41) is 5.65. The summed E-state index contributed by atoms with van der Waals surface area (Å²) < 4.78 is 6.12. The number of urea groups is 1. The fourth-order valence-electron chi connectivity index (χ4n) is 2.41. The van der Waals surface area contributed by atoms with E-state index in [1.165, 1.54) is 6.26 Å². The van der Waals surface area contributed by atoms with Crippen LogP contribution in [0.3, 0.4) is 0 Å². The van der Waals surface area contributed by atoms with Crippen LogP contribution in [0.5, 0.6) is 0 Å². The maximum Gasteiger partial charge on any atom is 0.317 e. The van der Waals surface area contributed by atoms with E-state index >= 15 is 0 Å². The first-order valence-corrected chi connectivity index (χ1v) is 9.79. The van der Waals surface area contributed by atoms with E-state index in [1.54, 1.807) is 41.5 Å². The molecule has 8 heteroatoms. The average Bonchev–Trinajstić information content (AvgIpc) is 3.32. The lowest BCUT2D eigenvalue weighted by Crippen LogP contribution is -2.36. The number of carbonyl (C=O) groups excluding carboxylic acids is 2. The van der Waals surface area contributed by atoms with Gasteiger partial charge in [0, 0.05) is 24.2 Å². The number of thiophene rings is 1. The number of nitrogens with zero attached hydrogens (tertiary/aromatic N) is 1. The second kappa shape index (κ2) is 8.88. The number of hydrogen-bond donors (Lipinski definition) is 2. The predicted octanol–water partition coefficient (Wildman–Crippen LogP) is 4.70. The van der Waals surface area contributed by atoms with Gasteiger partial charge in [-0.2, -0.15) is 0 Å². The van der Waals surface area contributed by atoms with Crippen molar-refractivity contribution < 1.29 is 14.0 Å². The quantitative estimate of drug-likeness (QED) is 0.574. The fraction of sp³-hybridized carbons (Fsp3) is 0.158. The Bertz CT molecular complexity index is 924. The summed E-state index contributed by atoms with van der Waals surface area (Å²) in [6, 6.07) is 14.4. The van der Waals surface area contributed by atoms with Gasteiger partial charge >= 0.3 is 6.03 Å². The van der Waals surface area contributed by atoms with Gasteiger partial charge < -0.3 is 20.0 Å². The molecule has 0 atom stereocenters. The van der Waals surface area contributed by atoms with Crippen LogP contribution in [-0.2, 0) is 13.1 Å². The standard InChI is InChI=1S/C19H18BrN3O3S/c1-23(12-15-7-8-17(20)27-15)19(25)21-11-13-4-2-5-14(10-13)22-18(24)16-6-3-9-26-16/h2-10H,11-12H2,1H3,(H,21,25)(H,22,24). The van der Waals surface area contributed by atoms with E-state index in [9.17, 15) is 9.59 Å². The molecule has 3 amide bonds. The molecule has 2 heterocycles. The molecule has 1 aromatic carbocycles. The molecule has 2 aromatic heterocycles. The SMILES string of the molecule is CN(Cc1ccc(Br)s1)C(=O)NCc1cccc(NC(=O)c2ccco2)c1. The van der Waals surface area contributed by atoms with Gasteiger partial charge in [0.05, 0.1) is 16.6 Å². The van der Waals surface area contributed by atoms with Crippen molar-refractivity contribution >= 4 is 44.9 Å². The van der Waals surface area contributed by atoms with Crippen molar-refractivity contribution in [1.29, 1.82) is 0 Å². The van der Waals surface area contributed by atoms with Crippen molar-refractivity contribution in [1.82, 2.24) is 10.2 Å². The van der Waals surface area contributed by atoms with Crippen LogP contribution in [-0.4, -0.2) is 23.9 Å². The number of carbonyl (C=O) groups is 2. The Morgan fingerprint density at radius 1 is 1.19 bits per heavy atom. The molecule has 0 saturated carbocycles. The van der Waals surface area contributed by atoms with E-state index in [0.29, 0.717) is 18.8 Å². The van der Waals surface area contributed by atoms with E-state index in [-0.39, 0.29) is 17.7 Å². The van der Waals surface area contributed by atoms with Crippen LogP contribution in [0.25, 0.3) is 0 Å². The third kappa shape index (κ3) is 5.45. The summed E-state index contributed by atoms with van der Waals surface area (Å²) in [5.41, 5.74) is 1.52. The second-order valence-electron chi connectivity index (χ2n) is 5.85. The minimum atomic E-state index is -0.317. The summed E-state index contributed by atoms with van der Waals surface area (Å²) >= 11 is 5.02. The van der Waals surface area contributed by atoms with E-state index in [2.05, 4.69) is 26.6 Å². The van der Waals surface area contributed by atoms with Gasteiger partial charge in [0.1, 0.15) is 0 Å². The lowest BCUT2D eigenvalue weighted by Gasteiger charge is -2.17. The third-order valence-electron chi connectivity index (χ3n) is 3.74. The Labute approximate surface area is 169 Å². The van der Waals surface area contributed by atoms with Crippen molar-refractivity contribution in [3.05, 3.63) is 74.8 Å². The van der Waals surface area contributed by atoms with Gasteiger partial charge in [-0.1, -0.05) is 12.1 Å². The summed E-state index contributed by atoms with van der Waals surface area (Å²) in [7, 11) is 1.75. The molecule has 6 nitrogen and oxygen atoms in total. The van der Waals surface area contributed by atoms with Gasteiger partial charge in [0.2, 0.25) is 0 Å². The second-order valence-corrected chi connectivity index (χ2v) is 8.40. The molecule has 2 N–H and O–H groups in total. The predicted molar refractivity (Wildman–Crippen MR) is 109 cm³/mol. The van der Waals surface area contributed by atoms with Gasteiger partial charge in [-0.25, -0.2) is 4.79 Å². The number of amides is 3. The van der Waals surface area contributed by atoms with E-state index in [0.717, 1.165) is 14.2 Å². The third-order valence-corrected chi connectivity index (χ3v) is 5.35. The highest BCUT2D eigenvalue weighted by Crippen LogP contribution is 2.23. The highest BCUT2D eigenvalue weighted by Gasteiger charge is 2.11. The molecule has 0 aliphatic rings. The van der Waals surface area contributed by atoms with Gasteiger partial charge in [0.15, 0.2) is 5.76 Å². The van der Waals surface area contributed by atoms with Crippen molar-refractivity contribution in [3.63, 3.8) is 0 Å². The molecule has 0 unspecified atom stereocenters. The molecule has 0 bridgehead atoms. The van der Waals surface area contributed by atoms with Crippen molar-refractivity contribution in [3.8, 4) is 0 Å². The Kier molecular flexibility index (Phi) is 6.31. The van der Waals surface area contributed by atoms with Crippen LogP contribution in [0.2, 0.25) is 0 Å². The first-order valence-electron chi connectivity index (χ1n) is 8.18. The van der Waals surface area contributed by atoms with Gasteiger partial charge in [-0.15, -0.1) is 11.3 Å². The first-order chi connectivity index (χ1) is 13.0. The average molecular weight is 448 g/mol. The highest BCUT2D eigenvalue weighted by molar-refractivity contribution is 9.11. The summed E-state index contributed by atoms with van der Waals surface area (Å²) in [6.45, 7) is 0.906. The molecular formula is C19H18BrN3O3S. The maximum atomic E-state index is 12.3. The molecule has 0 fully saturated rings. The maximum absolute atomic E-state index is 12.3. The molecule has 3 aromatic rings. The molecule has 0 aliphatic carbocycles. The molecule has 3 rings (SSSR count). The van der Waals surface area contributed by atoms with Crippen LogP contribution >= 0.6 is 27.3 Å². The van der Waals surface area contributed by atoms with E-state index < -0.39 is 0 Å². The summed E-state index contributed by atoms with van der Waals surface area (Å²) in [6.07, 6.45) is 1.45. The minimum absolute atomic E-state index is 0.162. The molecule has 140 valence electrons. The molecular weight excluding hydrogens is 430 g/mol. The number of nitrogens with one attached hydrogen (secondary N) is 2. The van der Waals surface area contributed by atoms with Crippen molar-refractivity contribution in [2.24, 2.45) is 0 Å². The number of hydrogen-bond acceptors (Lipinski definition) is 4. The van der Waals surface area contributed by atoms with Crippen LogP contribution in [0.1, 0.15) is 21.0 Å². The summed E-state index contributed by atoms with van der Waals surface area (Å²) in [5.74, 6) is -0.0708. The van der Waals surface area contributed by atoms with E-state index in [1.807, 2.05) is 30.3 Å². The largest absolute Gasteiger partial charge is 0.459 e. The molecule has 0 aliphatic heterocycles. The van der Waals surface area contributed by atoms with Crippen LogP contribution in [0.4, 0.5) is 10.5 Å². The number of anilines is 1. The zero-order chi connectivity index (χ0) is 19.2. The Morgan fingerprint density at radius 3 is 2.74 bits per heavy atom. The minimum Gasteiger partial charge on any atom is -0.459 e. The molecule has 0 saturated heterocycles. The highest BCUT2D eigenvalue weighted by atomic mass is 79.9. The number of rotatable bonds is 6. The van der Waals surface area contributed by atoms with Crippen molar-refractivity contribution in [2.75, 3.05) is 12.4 Å². The lowest BCUT2D eigenvalue weighted by molar-refractivity contribution is 0.0996. The monoisotopic (exact) mass is 447 g/mol.